The molecule has 1 aliphatic heterocycles. The molecular weight excluding hydrogens is 627 g/mol. The number of nitrogens with one attached hydrogen (secondary N) is 1. The fourth-order valence-corrected chi connectivity index (χ4v) is 6.87. The van der Waals surface area contributed by atoms with Crippen molar-refractivity contribution >= 4 is 29.2 Å². The van der Waals surface area contributed by atoms with E-state index in [0.717, 1.165) is 52.0 Å². The number of benzene rings is 3. The number of carbonyl (C=O) groups excluding carboxylic acids is 1. The second-order valence-corrected chi connectivity index (χ2v) is 12.3. The highest BCUT2D eigenvalue weighted by Crippen LogP contribution is 2.44. The molecule has 0 bridgehead atoms. The van der Waals surface area contributed by atoms with Gasteiger partial charge in [0.15, 0.2) is 0 Å². The Labute approximate surface area is 278 Å². The van der Waals surface area contributed by atoms with Gasteiger partial charge in [0.2, 0.25) is 5.88 Å². The number of esters is 1. The van der Waals surface area contributed by atoms with Crippen molar-refractivity contribution in [3.63, 3.8) is 0 Å². The van der Waals surface area contributed by atoms with E-state index in [2.05, 4.69) is 21.3 Å². The second-order valence-electron chi connectivity index (χ2n) is 11.5. The topological polar surface area (TPSA) is 106 Å². The van der Waals surface area contributed by atoms with Gasteiger partial charge in [0, 0.05) is 47.9 Å². The average molecular weight is 664 g/mol. The first-order chi connectivity index (χ1) is 22.3. The van der Waals surface area contributed by atoms with E-state index in [-0.39, 0.29) is 24.7 Å². The molecule has 11 heteroatoms. The fraction of sp³-hybridized carbons (Fsp3) is 0.343. The standard InChI is InChI=1S/C35H36Cl2N4O5/c1-4-46-32(43)16-38-22-12-20-11-21(13-31(44-2)28(20)14-22)24-7-5-8-25(33(24)36)26-9-6-10-27(34(26)37)29-15-39-30(35(40-29)45-3)19-41-17-23(42)18-41/h5-11,13,15,22-23,38,42H,4,12,14,16-19H2,1-3H3/t22-/m0/s1. The molecule has 0 amide bonds. The molecule has 0 unspecified atom stereocenters. The van der Waals surface area contributed by atoms with Crippen molar-refractivity contribution in [2.45, 2.75) is 38.5 Å². The summed E-state index contributed by atoms with van der Waals surface area (Å²) in [6.45, 7) is 4.08. The third-order valence-corrected chi connectivity index (χ3v) is 9.28. The third kappa shape index (κ3) is 6.56. The fourth-order valence-electron chi connectivity index (χ4n) is 6.21. The molecule has 1 atom stereocenters. The number of aromatic nitrogens is 2. The molecule has 1 aromatic heterocycles. The lowest BCUT2D eigenvalue weighted by Gasteiger charge is -2.35. The molecule has 0 spiro atoms. The highest BCUT2D eigenvalue weighted by Gasteiger charge is 2.28. The number of methoxy groups -OCH3 is 2. The Morgan fingerprint density at radius 1 is 1.00 bits per heavy atom. The number of halogens is 2. The van der Waals surface area contributed by atoms with Gasteiger partial charge in [-0.15, -0.1) is 0 Å². The van der Waals surface area contributed by atoms with E-state index >= 15 is 0 Å². The molecule has 1 saturated heterocycles. The minimum Gasteiger partial charge on any atom is -0.496 e. The van der Waals surface area contributed by atoms with Crippen LogP contribution in [0.15, 0.2) is 54.7 Å². The minimum atomic E-state index is -0.298. The molecule has 1 fully saturated rings. The molecule has 2 N–H and O–H groups in total. The lowest BCUT2D eigenvalue weighted by atomic mass is 9.95. The first-order valence-electron chi connectivity index (χ1n) is 15.3. The molecular formula is C35H36Cl2N4O5. The Balaban J connectivity index is 1.29. The van der Waals surface area contributed by atoms with E-state index in [4.69, 9.17) is 42.4 Å². The summed E-state index contributed by atoms with van der Waals surface area (Å²) in [6, 6.07) is 15.9. The van der Waals surface area contributed by atoms with Crippen molar-refractivity contribution in [1.29, 1.82) is 0 Å². The molecule has 6 rings (SSSR count). The van der Waals surface area contributed by atoms with Gasteiger partial charge < -0.3 is 24.6 Å². The normalized spacial score (nSPS) is 16.2. The van der Waals surface area contributed by atoms with E-state index in [1.54, 1.807) is 27.3 Å². The van der Waals surface area contributed by atoms with Gasteiger partial charge in [0.25, 0.3) is 0 Å². The lowest BCUT2D eigenvalue weighted by Crippen LogP contribution is -2.50. The molecule has 0 radical (unpaired) electrons. The van der Waals surface area contributed by atoms with Crippen molar-refractivity contribution in [3.8, 4) is 45.1 Å². The van der Waals surface area contributed by atoms with Crippen LogP contribution in [0, 0.1) is 0 Å². The average Bonchev–Trinajstić information content (AvgIpc) is 3.46. The third-order valence-electron chi connectivity index (χ3n) is 8.47. The van der Waals surface area contributed by atoms with Crippen LogP contribution < -0.4 is 14.8 Å². The summed E-state index contributed by atoms with van der Waals surface area (Å²) in [4.78, 5) is 23.3. The van der Waals surface area contributed by atoms with Gasteiger partial charge >= 0.3 is 5.97 Å². The first-order valence-corrected chi connectivity index (χ1v) is 16.0. The Hall–Kier alpha value is -3.73. The number of likely N-dealkylation sites (tertiary alicyclic amines) is 1. The highest BCUT2D eigenvalue weighted by molar-refractivity contribution is 6.39. The van der Waals surface area contributed by atoms with E-state index in [1.165, 1.54) is 0 Å². The van der Waals surface area contributed by atoms with Gasteiger partial charge in [0.05, 0.1) is 55.4 Å². The number of ether oxygens (including phenoxy) is 3. The van der Waals surface area contributed by atoms with Gasteiger partial charge in [-0.05, 0) is 42.5 Å². The summed E-state index contributed by atoms with van der Waals surface area (Å²) in [5, 5.41) is 14.0. The maximum atomic E-state index is 11.9. The van der Waals surface area contributed by atoms with Crippen LogP contribution in [0.1, 0.15) is 23.7 Å². The molecule has 2 aliphatic rings. The van der Waals surface area contributed by atoms with Crippen LogP contribution in [0.2, 0.25) is 10.0 Å². The Morgan fingerprint density at radius 3 is 2.37 bits per heavy atom. The van der Waals surface area contributed by atoms with E-state index in [0.29, 0.717) is 59.1 Å². The van der Waals surface area contributed by atoms with Crippen LogP contribution in [0.3, 0.4) is 0 Å². The Kier molecular flexibility index (Phi) is 9.77. The Morgan fingerprint density at radius 2 is 1.70 bits per heavy atom. The first kappa shape index (κ1) is 32.2. The number of rotatable bonds is 11. The van der Waals surface area contributed by atoms with Gasteiger partial charge in [-0.2, -0.15) is 0 Å². The van der Waals surface area contributed by atoms with Crippen LogP contribution in [0.4, 0.5) is 0 Å². The van der Waals surface area contributed by atoms with Crippen molar-refractivity contribution in [3.05, 3.63) is 81.6 Å². The number of carbonyl (C=O) groups is 1. The number of fused-ring (bicyclic) bond motifs is 1. The summed E-state index contributed by atoms with van der Waals surface area (Å²) in [7, 11) is 3.24. The van der Waals surface area contributed by atoms with E-state index < -0.39 is 0 Å². The monoisotopic (exact) mass is 662 g/mol. The second kappa shape index (κ2) is 13.9. The molecule has 9 nitrogen and oxygen atoms in total. The maximum absolute atomic E-state index is 11.9. The summed E-state index contributed by atoms with van der Waals surface area (Å²) in [5.41, 5.74) is 7.60. The molecule has 1 aliphatic carbocycles. The summed E-state index contributed by atoms with van der Waals surface area (Å²) < 4.78 is 16.5. The quantitative estimate of drug-likeness (QED) is 0.199. The number of hydrogen-bond donors (Lipinski definition) is 2. The van der Waals surface area contributed by atoms with Crippen LogP contribution in [0.5, 0.6) is 11.6 Å². The zero-order valence-corrected chi connectivity index (χ0v) is 27.5. The molecule has 3 aromatic carbocycles. The van der Waals surface area contributed by atoms with E-state index in [9.17, 15) is 9.90 Å². The van der Waals surface area contributed by atoms with Crippen LogP contribution >= 0.6 is 23.2 Å². The minimum absolute atomic E-state index is 0.103. The molecule has 46 heavy (non-hydrogen) atoms. The largest absolute Gasteiger partial charge is 0.496 e. The summed E-state index contributed by atoms with van der Waals surface area (Å²) in [6.07, 6.45) is 2.91. The van der Waals surface area contributed by atoms with Gasteiger partial charge in [-0.25, -0.2) is 4.98 Å². The Bertz CT molecular complexity index is 1760. The number of aliphatic hydroxyl groups is 1. The zero-order chi connectivity index (χ0) is 32.4. The van der Waals surface area contributed by atoms with Crippen molar-refractivity contribution < 1.29 is 24.1 Å². The maximum Gasteiger partial charge on any atom is 0.319 e. The highest BCUT2D eigenvalue weighted by atomic mass is 35.5. The number of β-amino-alcohol motifs (C(OH)–C–C–N with tert-alkyl or cyclic N) is 1. The smallest absolute Gasteiger partial charge is 0.319 e. The predicted molar refractivity (Wildman–Crippen MR) is 179 cm³/mol. The summed E-state index contributed by atoms with van der Waals surface area (Å²) in [5.74, 6) is 0.948. The molecule has 240 valence electrons. The van der Waals surface area contributed by atoms with E-state index in [1.807, 2.05) is 42.5 Å². The number of aliphatic hydroxyl groups excluding tert-OH is 1. The number of nitrogens with zero attached hydrogens (tertiary/aromatic N) is 3. The zero-order valence-electron chi connectivity index (χ0n) is 26.0. The van der Waals surface area contributed by atoms with Gasteiger partial charge in [0.1, 0.15) is 11.4 Å². The van der Waals surface area contributed by atoms with Crippen LogP contribution in [-0.2, 0) is 28.9 Å². The van der Waals surface area contributed by atoms with Crippen molar-refractivity contribution in [2.24, 2.45) is 0 Å². The lowest BCUT2D eigenvalue weighted by molar-refractivity contribution is -0.142. The van der Waals surface area contributed by atoms with Gasteiger partial charge in [-0.1, -0.05) is 65.7 Å². The summed E-state index contributed by atoms with van der Waals surface area (Å²) >= 11 is 14.2. The predicted octanol–water partition coefficient (Wildman–Crippen LogP) is 5.60. The van der Waals surface area contributed by atoms with Crippen LogP contribution in [-0.4, -0.2) is 78.6 Å². The SMILES string of the molecule is CCOC(=O)CN[C@H]1Cc2cc(-c3cccc(-c4cccc(-c5cnc(CN6CC(O)C6)c(OC)n5)c4Cl)c3Cl)cc(OC)c2C1. The molecule has 4 aromatic rings. The van der Waals surface area contributed by atoms with Crippen molar-refractivity contribution in [2.75, 3.05) is 40.5 Å². The van der Waals surface area contributed by atoms with Crippen LogP contribution in [0.25, 0.3) is 33.5 Å². The number of hydrogen-bond acceptors (Lipinski definition) is 9. The molecule has 0 saturated carbocycles. The van der Waals surface area contributed by atoms with Crippen molar-refractivity contribution in [1.82, 2.24) is 20.2 Å². The molecule has 2 heterocycles. The van der Waals surface area contributed by atoms with Gasteiger partial charge in [-0.3, -0.25) is 14.7 Å².